The van der Waals surface area contributed by atoms with Crippen LogP contribution < -0.4 is 5.32 Å². The minimum Gasteiger partial charge on any atom is -0.367 e. The van der Waals surface area contributed by atoms with E-state index in [1.165, 1.54) is 0 Å². The maximum absolute atomic E-state index is 5.54. The highest BCUT2D eigenvalue weighted by atomic mass is 16.5. The van der Waals surface area contributed by atoms with Gasteiger partial charge in [-0.3, -0.25) is 0 Å². The molecule has 5 nitrogen and oxygen atoms in total. The van der Waals surface area contributed by atoms with Gasteiger partial charge < -0.3 is 14.6 Å². The molecule has 0 bridgehead atoms. The van der Waals surface area contributed by atoms with Crippen molar-refractivity contribution < 1.29 is 9.26 Å². The van der Waals surface area contributed by atoms with Crippen molar-refractivity contribution in [1.82, 2.24) is 15.5 Å². The van der Waals surface area contributed by atoms with E-state index in [0.29, 0.717) is 31.0 Å². The van der Waals surface area contributed by atoms with Gasteiger partial charge in [0.25, 0.3) is 5.89 Å². The molecule has 0 radical (unpaired) electrons. The fourth-order valence-electron chi connectivity index (χ4n) is 1.64. The van der Waals surface area contributed by atoms with Gasteiger partial charge >= 0.3 is 0 Å². The van der Waals surface area contributed by atoms with Crippen LogP contribution in [0.1, 0.15) is 24.2 Å². The third-order valence-corrected chi connectivity index (χ3v) is 2.83. The molecule has 1 heterocycles. The first-order valence-corrected chi connectivity index (χ1v) is 6.38. The maximum Gasteiger partial charge on any atom is 0.252 e. The van der Waals surface area contributed by atoms with Crippen LogP contribution in [0, 0.1) is 0 Å². The second-order valence-corrected chi connectivity index (χ2v) is 4.48. The van der Waals surface area contributed by atoms with Gasteiger partial charge in [0, 0.05) is 12.5 Å². The molecule has 0 saturated heterocycles. The Hall–Kier alpha value is -1.72. The third kappa shape index (κ3) is 4.46. The third-order valence-electron chi connectivity index (χ3n) is 2.83. The molecule has 0 spiro atoms. The summed E-state index contributed by atoms with van der Waals surface area (Å²) in [5, 5.41) is 7.06. The molecule has 0 saturated carbocycles. The lowest BCUT2D eigenvalue weighted by Gasteiger charge is -2.04. The summed E-state index contributed by atoms with van der Waals surface area (Å²) in [6.07, 6.45) is 0.749. The quantitative estimate of drug-likeness (QED) is 0.825. The van der Waals surface area contributed by atoms with Crippen molar-refractivity contribution in [2.24, 2.45) is 0 Å². The van der Waals surface area contributed by atoms with Crippen LogP contribution in [0.5, 0.6) is 0 Å². The van der Waals surface area contributed by atoms with Crippen LogP contribution >= 0.6 is 0 Å². The Morgan fingerprint density at radius 1 is 1.26 bits per heavy atom. The Morgan fingerprint density at radius 3 is 2.79 bits per heavy atom. The van der Waals surface area contributed by atoms with Crippen LogP contribution in [0.25, 0.3) is 0 Å². The summed E-state index contributed by atoms with van der Waals surface area (Å²) in [5.41, 5.74) is 1.13. The van der Waals surface area contributed by atoms with Gasteiger partial charge in [-0.15, -0.1) is 0 Å². The van der Waals surface area contributed by atoms with E-state index < -0.39 is 0 Å². The number of likely N-dealkylation sites (N-methyl/N-ethyl adjacent to an activating group) is 1. The molecule has 102 valence electrons. The first-order chi connectivity index (χ1) is 9.28. The number of hydrogen-bond donors (Lipinski definition) is 1. The standard InChI is InChI=1S/C14H19N3O2/c1-11(15-2)8-13-16-14(19-17-13)10-18-9-12-6-4-3-5-7-12/h3-7,11,15H,8-10H2,1-2H3. The highest BCUT2D eigenvalue weighted by Crippen LogP contribution is 2.05. The molecule has 1 N–H and O–H groups in total. The Labute approximate surface area is 113 Å². The topological polar surface area (TPSA) is 60.2 Å². The number of hydrogen-bond acceptors (Lipinski definition) is 5. The fourth-order valence-corrected chi connectivity index (χ4v) is 1.64. The molecule has 1 aromatic carbocycles. The summed E-state index contributed by atoms with van der Waals surface area (Å²) in [7, 11) is 1.91. The molecule has 0 amide bonds. The number of ether oxygens (including phenoxy) is 1. The van der Waals surface area contributed by atoms with Crippen LogP contribution in [0.3, 0.4) is 0 Å². The van der Waals surface area contributed by atoms with E-state index in [-0.39, 0.29) is 0 Å². The first kappa shape index (κ1) is 13.7. The van der Waals surface area contributed by atoms with E-state index in [9.17, 15) is 0 Å². The van der Waals surface area contributed by atoms with Crippen LogP contribution in [-0.2, 0) is 24.4 Å². The summed E-state index contributed by atoms with van der Waals surface area (Å²) in [5.74, 6) is 1.23. The van der Waals surface area contributed by atoms with E-state index in [4.69, 9.17) is 9.26 Å². The molecular weight excluding hydrogens is 242 g/mol. The normalized spacial score (nSPS) is 12.5. The Balaban J connectivity index is 1.77. The average molecular weight is 261 g/mol. The van der Waals surface area contributed by atoms with Gasteiger partial charge in [-0.05, 0) is 19.5 Å². The molecule has 0 aliphatic carbocycles. The summed E-state index contributed by atoms with van der Waals surface area (Å²) in [4.78, 5) is 4.29. The van der Waals surface area contributed by atoms with Crippen LogP contribution in [0.4, 0.5) is 0 Å². The summed E-state index contributed by atoms with van der Waals surface area (Å²) in [6.45, 7) is 2.96. The molecule has 0 fully saturated rings. The zero-order valence-corrected chi connectivity index (χ0v) is 11.3. The number of nitrogens with one attached hydrogen (secondary N) is 1. The Morgan fingerprint density at radius 2 is 2.05 bits per heavy atom. The summed E-state index contributed by atoms with van der Waals surface area (Å²) in [6, 6.07) is 10.3. The van der Waals surface area contributed by atoms with Gasteiger partial charge in [-0.1, -0.05) is 35.5 Å². The molecule has 2 rings (SSSR count). The molecule has 0 aliphatic heterocycles. The average Bonchev–Trinajstić information content (AvgIpc) is 2.87. The smallest absolute Gasteiger partial charge is 0.252 e. The van der Waals surface area contributed by atoms with Gasteiger partial charge in [0.2, 0.25) is 0 Å². The van der Waals surface area contributed by atoms with Crippen molar-refractivity contribution >= 4 is 0 Å². The lowest BCUT2D eigenvalue weighted by Crippen LogP contribution is -2.24. The molecule has 0 aliphatic rings. The van der Waals surface area contributed by atoms with E-state index in [1.54, 1.807) is 0 Å². The van der Waals surface area contributed by atoms with Gasteiger partial charge in [0.1, 0.15) is 6.61 Å². The Kier molecular flexibility index (Phi) is 5.06. The monoisotopic (exact) mass is 261 g/mol. The number of rotatable bonds is 7. The zero-order valence-electron chi connectivity index (χ0n) is 11.3. The molecule has 19 heavy (non-hydrogen) atoms. The SMILES string of the molecule is CNC(C)Cc1noc(COCc2ccccc2)n1. The molecule has 2 aromatic rings. The predicted octanol–water partition coefficient (Wildman–Crippen LogP) is 1.94. The minimum absolute atomic E-state index is 0.329. The van der Waals surface area contributed by atoms with Crippen LogP contribution in [0.2, 0.25) is 0 Å². The largest absolute Gasteiger partial charge is 0.367 e. The van der Waals surface area contributed by atoms with E-state index >= 15 is 0 Å². The zero-order chi connectivity index (χ0) is 13.5. The van der Waals surface area contributed by atoms with Crippen molar-refractivity contribution in [3.8, 4) is 0 Å². The van der Waals surface area contributed by atoms with Crippen molar-refractivity contribution in [1.29, 1.82) is 0 Å². The summed E-state index contributed by atoms with van der Waals surface area (Å²) < 4.78 is 10.7. The molecular formula is C14H19N3O2. The second kappa shape index (κ2) is 7.01. The van der Waals surface area contributed by atoms with Crippen molar-refractivity contribution in [2.75, 3.05) is 7.05 Å². The van der Waals surface area contributed by atoms with Gasteiger partial charge in [0.05, 0.1) is 6.61 Å². The van der Waals surface area contributed by atoms with Crippen LogP contribution in [-0.4, -0.2) is 23.2 Å². The highest BCUT2D eigenvalue weighted by Gasteiger charge is 2.09. The Bertz CT molecular complexity index is 484. The maximum atomic E-state index is 5.54. The molecule has 1 atom stereocenters. The fraction of sp³-hybridized carbons (Fsp3) is 0.429. The van der Waals surface area contributed by atoms with Crippen LogP contribution in [0.15, 0.2) is 34.9 Å². The highest BCUT2D eigenvalue weighted by molar-refractivity contribution is 5.13. The molecule has 5 heteroatoms. The first-order valence-electron chi connectivity index (χ1n) is 6.38. The lowest BCUT2D eigenvalue weighted by atomic mass is 10.2. The minimum atomic E-state index is 0.329. The lowest BCUT2D eigenvalue weighted by molar-refractivity contribution is 0.0850. The predicted molar refractivity (Wildman–Crippen MR) is 71.5 cm³/mol. The second-order valence-electron chi connectivity index (χ2n) is 4.48. The van der Waals surface area contributed by atoms with Crippen molar-refractivity contribution in [2.45, 2.75) is 32.6 Å². The molecule has 1 aromatic heterocycles. The van der Waals surface area contributed by atoms with Crippen molar-refractivity contribution in [3.05, 3.63) is 47.6 Å². The number of benzene rings is 1. The van der Waals surface area contributed by atoms with E-state index in [1.807, 2.05) is 37.4 Å². The van der Waals surface area contributed by atoms with E-state index in [2.05, 4.69) is 22.4 Å². The van der Waals surface area contributed by atoms with Gasteiger partial charge in [-0.2, -0.15) is 4.98 Å². The van der Waals surface area contributed by atoms with E-state index in [0.717, 1.165) is 12.0 Å². The number of nitrogens with zero attached hydrogens (tertiary/aromatic N) is 2. The molecule has 1 unspecified atom stereocenters. The van der Waals surface area contributed by atoms with Gasteiger partial charge in [-0.25, -0.2) is 0 Å². The van der Waals surface area contributed by atoms with Crippen molar-refractivity contribution in [3.63, 3.8) is 0 Å². The number of aromatic nitrogens is 2. The van der Waals surface area contributed by atoms with Gasteiger partial charge in [0.15, 0.2) is 5.82 Å². The summed E-state index contributed by atoms with van der Waals surface area (Å²) >= 11 is 0.